The molecule has 0 bridgehead atoms. The molecule has 8 heteroatoms. The number of rotatable bonds is 5. The molecule has 0 aliphatic carbocycles. The Morgan fingerprint density at radius 1 is 1.20 bits per heavy atom. The number of amides is 1. The van der Waals surface area contributed by atoms with E-state index in [2.05, 4.69) is 4.98 Å². The predicted molar refractivity (Wildman–Crippen MR) is 113 cm³/mol. The molecule has 8 nitrogen and oxygen atoms in total. The standard InChI is InChI=1S/C22H26N4O4/c1-24-17-7-4-10-23-21(17)26(22(24)28)16-6-5-11-25(14-16)20(27)13-15-8-9-18(29-2)19(12-15)30-3/h4,7-10,12,16H,5-6,11,13-14H2,1-3H3/t16-/m0/s1. The number of methoxy groups -OCH3 is 2. The van der Waals surface area contributed by atoms with Crippen LogP contribution in [-0.4, -0.2) is 52.2 Å². The SMILES string of the molecule is COc1ccc(CC(=O)N2CCC[C@H](n3c(=O)n(C)c4cccnc43)C2)cc1OC. The third-order valence-corrected chi connectivity index (χ3v) is 5.77. The highest BCUT2D eigenvalue weighted by molar-refractivity contribution is 5.79. The van der Waals surface area contributed by atoms with Crippen molar-refractivity contribution in [1.82, 2.24) is 19.0 Å². The fourth-order valence-corrected chi connectivity index (χ4v) is 4.19. The van der Waals surface area contributed by atoms with Gasteiger partial charge in [-0.1, -0.05) is 6.07 Å². The largest absolute Gasteiger partial charge is 0.493 e. The van der Waals surface area contributed by atoms with E-state index in [1.165, 1.54) is 0 Å². The quantitative estimate of drug-likeness (QED) is 0.644. The van der Waals surface area contributed by atoms with Gasteiger partial charge in [0.15, 0.2) is 17.1 Å². The first-order chi connectivity index (χ1) is 14.5. The predicted octanol–water partition coefficient (Wildman–Crippen LogP) is 2.16. The van der Waals surface area contributed by atoms with E-state index >= 15 is 0 Å². The Labute approximate surface area is 174 Å². The molecule has 30 heavy (non-hydrogen) atoms. The van der Waals surface area contributed by atoms with Crippen molar-refractivity contribution in [3.05, 3.63) is 52.6 Å². The first kappa shape index (κ1) is 20.0. The molecule has 0 radical (unpaired) electrons. The van der Waals surface area contributed by atoms with E-state index in [0.717, 1.165) is 23.9 Å². The molecule has 0 N–H and O–H groups in total. The third-order valence-electron chi connectivity index (χ3n) is 5.77. The molecule has 1 aromatic carbocycles. The second-order valence-electron chi connectivity index (χ2n) is 7.56. The highest BCUT2D eigenvalue weighted by atomic mass is 16.5. The first-order valence-corrected chi connectivity index (χ1v) is 10.0. The fourth-order valence-electron chi connectivity index (χ4n) is 4.19. The van der Waals surface area contributed by atoms with Crippen molar-refractivity contribution < 1.29 is 14.3 Å². The summed E-state index contributed by atoms with van der Waals surface area (Å²) in [6.45, 7) is 1.19. The molecule has 1 fully saturated rings. The summed E-state index contributed by atoms with van der Waals surface area (Å²) >= 11 is 0. The lowest BCUT2D eigenvalue weighted by Gasteiger charge is -2.33. The lowest BCUT2D eigenvalue weighted by atomic mass is 10.0. The molecule has 2 aromatic heterocycles. The maximum absolute atomic E-state index is 13.0. The van der Waals surface area contributed by atoms with Gasteiger partial charge in [-0.2, -0.15) is 0 Å². The zero-order valence-corrected chi connectivity index (χ0v) is 17.5. The normalized spacial score (nSPS) is 16.6. The average Bonchev–Trinajstić information content (AvgIpc) is 3.04. The van der Waals surface area contributed by atoms with Crippen LogP contribution < -0.4 is 15.2 Å². The number of carbonyl (C=O) groups excluding carboxylic acids is 1. The molecule has 3 heterocycles. The summed E-state index contributed by atoms with van der Waals surface area (Å²) in [5, 5.41) is 0. The number of fused-ring (bicyclic) bond motifs is 1. The highest BCUT2D eigenvalue weighted by Gasteiger charge is 2.28. The molecule has 4 rings (SSSR count). The minimum atomic E-state index is -0.0945. The molecular weight excluding hydrogens is 384 g/mol. The average molecular weight is 410 g/mol. The van der Waals surface area contributed by atoms with E-state index in [-0.39, 0.29) is 24.1 Å². The Bertz CT molecular complexity index is 1130. The molecule has 1 amide bonds. The van der Waals surface area contributed by atoms with Gasteiger partial charge in [0, 0.05) is 26.3 Å². The van der Waals surface area contributed by atoms with Crippen molar-refractivity contribution in [2.45, 2.75) is 25.3 Å². The Kier molecular flexibility index (Phi) is 5.48. The second kappa shape index (κ2) is 8.22. The zero-order chi connectivity index (χ0) is 21.3. The van der Waals surface area contributed by atoms with Crippen molar-refractivity contribution in [3.8, 4) is 11.5 Å². The van der Waals surface area contributed by atoms with Crippen molar-refractivity contribution >= 4 is 17.1 Å². The molecule has 0 unspecified atom stereocenters. The Morgan fingerprint density at radius 2 is 2.00 bits per heavy atom. The van der Waals surface area contributed by atoms with Crippen LogP contribution in [0, 0.1) is 0 Å². The monoisotopic (exact) mass is 410 g/mol. The second-order valence-corrected chi connectivity index (χ2v) is 7.56. The molecular formula is C22H26N4O4. The van der Waals surface area contributed by atoms with Crippen LogP contribution >= 0.6 is 0 Å². The van der Waals surface area contributed by atoms with Gasteiger partial charge in [-0.15, -0.1) is 0 Å². The number of likely N-dealkylation sites (tertiary alicyclic amines) is 1. The smallest absolute Gasteiger partial charge is 0.330 e. The van der Waals surface area contributed by atoms with Crippen molar-refractivity contribution in [1.29, 1.82) is 0 Å². The minimum absolute atomic E-state index is 0.0353. The van der Waals surface area contributed by atoms with E-state index in [9.17, 15) is 9.59 Å². The van der Waals surface area contributed by atoms with Crippen LogP contribution in [0.1, 0.15) is 24.4 Å². The zero-order valence-electron chi connectivity index (χ0n) is 17.5. The topological polar surface area (TPSA) is 78.6 Å². The summed E-state index contributed by atoms with van der Waals surface area (Å²) in [5.74, 6) is 1.27. The third kappa shape index (κ3) is 3.53. The van der Waals surface area contributed by atoms with E-state index in [4.69, 9.17) is 9.47 Å². The summed E-state index contributed by atoms with van der Waals surface area (Å²) in [6, 6.07) is 9.15. The summed E-state index contributed by atoms with van der Waals surface area (Å²) in [7, 11) is 4.92. The van der Waals surface area contributed by atoms with E-state index < -0.39 is 0 Å². The van der Waals surface area contributed by atoms with Crippen molar-refractivity contribution in [3.63, 3.8) is 0 Å². The number of carbonyl (C=O) groups is 1. The maximum atomic E-state index is 13.0. The van der Waals surface area contributed by atoms with Crippen LogP contribution in [0.15, 0.2) is 41.3 Å². The van der Waals surface area contributed by atoms with Gasteiger partial charge in [0.05, 0.1) is 32.2 Å². The highest BCUT2D eigenvalue weighted by Crippen LogP contribution is 2.29. The molecule has 3 aromatic rings. The van der Waals surface area contributed by atoms with Gasteiger partial charge >= 0.3 is 5.69 Å². The first-order valence-electron chi connectivity index (χ1n) is 10.0. The molecule has 0 saturated carbocycles. The van der Waals surface area contributed by atoms with E-state index in [0.29, 0.717) is 30.2 Å². The molecule has 1 saturated heterocycles. The van der Waals surface area contributed by atoms with Crippen LogP contribution in [-0.2, 0) is 18.3 Å². The lowest BCUT2D eigenvalue weighted by Crippen LogP contribution is -2.43. The number of hydrogen-bond acceptors (Lipinski definition) is 5. The lowest BCUT2D eigenvalue weighted by molar-refractivity contribution is -0.132. The van der Waals surface area contributed by atoms with Gasteiger partial charge in [-0.05, 0) is 42.7 Å². The van der Waals surface area contributed by atoms with Gasteiger partial charge in [0.2, 0.25) is 5.91 Å². The molecule has 0 spiro atoms. The Morgan fingerprint density at radius 3 is 2.77 bits per heavy atom. The number of pyridine rings is 1. The van der Waals surface area contributed by atoms with Crippen LogP contribution in [0.25, 0.3) is 11.2 Å². The van der Waals surface area contributed by atoms with Gasteiger partial charge in [-0.25, -0.2) is 9.78 Å². The summed E-state index contributed by atoms with van der Waals surface area (Å²) in [5.41, 5.74) is 2.24. The van der Waals surface area contributed by atoms with Crippen LogP contribution in [0.3, 0.4) is 0 Å². The summed E-state index contributed by atoms with van der Waals surface area (Å²) < 4.78 is 14.0. The Balaban J connectivity index is 1.54. The van der Waals surface area contributed by atoms with Crippen LogP contribution in [0.4, 0.5) is 0 Å². The van der Waals surface area contributed by atoms with Crippen LogP contribution in [0.2, 0.25) is 0 Å². The molecule has 1 aliphatic heterocycles. The van der Waals surface area contributed by atoms with E-state index in [1.54, 1.807) is 36.6 Å². The maximum Gasteiger partial charge on any atom is 0.330 e. The number of piperidine rings is 1. The van der Waals surface area contributed by atoms with Gasteiger partial charge < -0.3 is 14.4 Å². The number of nitrogens with zero attached hydrogens (tertiary/aromatic N) is 4. The van der Waals surface area contributed by atoms with Crippen LogP contribution in [0.5, 0.6) is 11.5 Å². The number of benzene rings is 1. The van der Waals surface area contributed by atoms with Gasteiger partial charge in [0.25, 0.3) is 0 Å². The van der Waals surface area contributed by atoms with Gasteiger partial charge in [-0.3, -0.25) is 13.9 Å². The minimum Gasteiger partial charge on any atom is -0.493 e. The molecule has 1 atom stereocenters. The number of imidazole rings is 1. The van der Waals surface area contributed by atoms with E-state index in [1.807, 2.05) is 35.2 Å². The summed E-state index contributed by atoms with van der Waals surface area (Å²) in [6.07, 6.45) is 3.66. The number of hydrogen-bond donors (Lipinski definition) is 0. The van der Waals surface area contributed by atoms with Crippen molar-refractivity contribution in [2.75, 3.05) is 27.3 Å². The number of aryl methyl sites for hydroxylation is 1. The number of aromatic nitrogens is 3. The van der Waals surface area contributed by atoms with Crippen molar-refractivity contribution in [2.24, 2.45) is 7.05 Å². The molecule has 1 aliphatic rings. The fraction of sp³-hybridized carbons (Fsp3) is 0.409. The number of ether oxygens (including phenoxy) is 2. The molecule has 158 valence electrons. The summed E-state index contributed by atoms with van der Waals surface area (Å²) in [4.78, 5) is 32.1. The Hall–Kier alpha value is -3.29. The van der Waals surface area contributed by atoms with Gasteiger partial charge in [0.1, 0.15) is 0 Å².